The number of carbonyl (C=O) groups is 1. The summed E-state index contributed by atoms with van der Waals surface area (Å²) in [5.74, 6) is 1.22. The van der Waals surface area contributed by atoms with Crippen molar-refractivity contribution in [1.29, 1.82) is 0 Å². The van der Waals surface area contributed by atoms with Crippen molar-refractivity contribution in [3.8, 4) is 0 Å². The van der Waals surface area contributed by atoms with E-state index in [9.17, 15) is 4.79 Å². The quantitative estimate of drug-likeness (QED) is 0.657. The number of hydrogen-bond acceptors (Lipinski definition) is 2. The first kappa shape index (κ1) is 17.2. The van der Waals surface area contributed by atoms with Crippen LogP contribution in [-0.2, 0) is 10.5 Å². The predicted molar refractivity (Wildman–Crippen MR) is 89.6 cm³/mol. The molecule has 0 aliphatic carbocycles. The second kappa shape index (κ2) is 9.11. The molecule has 0 heterocycles. The molecule has 0 fully saturated rings. The highest BCUT2D eigenvalue weighted by Crippen LogP contribution is 2.24. The van der Waals surface area contributed by atoms with Gasteiger partial charge in [-0.05, 0) is 17.7 Å². The summed E-state index contributed by atoms with van der Waals surface area (Å²) in [5.41, 5.74) is 1.05. The van der Waals surface area contributed by atoms with Crippen molar-refractivity contribution in [2.24, 2.45) is 0 Å². The number of rotatable bonds is 8. The fraction of sp³-hybridized carbons (Fsp3) is 0.267. The Balaban J connectivity index is 2.45. The fourth-order valence-electron chi connectivity index (χ4n) is 1.57. The van der Waals surface area contributed by atoms with E-state index in [-0.39, 0.29) is 5.91 Å². The van der Waals surface area contributed by atoms with Crippen LogP contribution in [0.1, 0.15) is 5.56 Å². The lowest BCUT2D eigenvalue weighted by Gasteiger charge is -2.18. The van der Waals surface area contributed by atoms with Gasteiger partial charge in [-0.1, -0.05) is 41.4 Å². The van der Waals surface area contributed by atoms with E-state index < -0.39 is 0 Å². The van der Waals surface area contributed by atoms with E-state index >= 15 is 0 Å². The van der Waals surface area contributed by atoms with Gasteiger partial charge in [0, 0.05) is 18.8 Å². The molecule has 0 bridgehead atoms. The van der Waals surface area contributed by atoms with Crippen molar-refractivity contribution in [3.05, 3.63) is 59.1 Å². The molecule has 0 aliphatic rings. The maximum atomic E-state index is 12.0. The molecule has 0 atom stereocenters. The number of amides is 1. The van der Waals surface area contributed by atoms with Crippen molar-refractivity contribution in [2.45, 2.75) is 5.75 Å². The zero-order chi connectivity index (χ0) is 15.0. The SMILES string of the molecule is C=CCN(CC=C)C(=O)CSCc1ccc(Cl)c(Cl)c1. The maximum absolute atomic E-state index is 12.0. The molecule has 1 amide bonds. The van der Waals surface area contributed by atoms with Gasteiger partial charge >= 0.3 is 0 Å². The van der Waals surface area contributed by atoms with E-state index in [0.29, 0.717) is 28.9 Å². The molecule has 5 heteroatoms. The largest absolute Gasteiger partial charge is 0.335 e. The highest BCUT2D eigenvalue weighted by atomic mass is 35.5. The Labute approximate surface area is 134 Å². The lowest BCUT2D eigenvalue weighted by atomic mass is 10.2. The molecule has 0 aliphatic heterocycles. The molecular weight excluding hydrogens is 313 g/mol. The molecule has 0 N–H and O–H groups in total. The predicted octanol–water partition coefficient (Wildman–Crippen LogP) is 4.43. The number of halogens is 2. The third-order valence-corrected chi connectivity index (χ3v) is 4.26. The van der Waals surface area contributed by atoms with Gasteiger partial charge in [-0.15, -0.1) is 24.9 Å². The standard InChI is InChI=1S/C15H17Cl2NOS/c1-3-7-18(8-4-2)15(19)11-20-10-12-5-6-13(16)14(17)9-12/h3-6,9H,1-2,7-8,10-11H2. The first-order chi connectivity index (χ1) is 9.58. The van der Waals surface area contributed by atoms with Crippen molar-refractivity contribution >= 4 is 40.9 Å². The van der Waals surface area contributed by atoms with E-state index in [1.807, 2.05) is 12.1 Å². The van der Waals surface area contributed by atoms with Gasteiger partial charge in [0.2, 0.25) is 5.91 Å². The molecule has 1 aromatic carbocycles. The van der Waals surface area contributed by atoms with Crippen molar-refractivity contribution in [2.75, 3.05) is 18.8 Å². The minimum atomic E-state index is 0.0786. The van der Waals surface area contributed by atoms with Crippen LogP contribution in [0.25, 0.3) is 0 Å². The summed E-state index contributed by atoms with van der Waals surface area (Å²) in [6.45, 7) is 8.38. The van der Waals surface area contributed by atoms with Crippen LogP contribution >= 0.6 is 35.0 Å². The molecule has 0 aromatic heterocycles. The van der Waals surface area contributed by atoms with Crippen LogP contribution in [-0.4, -0.2) is 29.6 Å². The van der Waals surface area contributed by atoms with Gasteiger partial charge in [0.25, 0.3) is 0 Å². The van der Waals surface area contributed by atoms with Crippen LogP contribution in [0.15, 0.2) is 43.5 Å². The monoisotopic (exact) mass is 329 g/mol. The van der Waals surface area contributed by atoms with Gasteiger partial charge in [0.15, 0.2) is 0 Å². The zero-order valence-corrected chi connectivity index (χ0v) is 13.5. The summed E-state index contributed by atoms with van der Waals surface area (Å²) in [4.78, 5) is 13.7. The molecule has 0 radical (unpaired) electrons. The normalized spacial score (nSPS) is 10.1. The lowest BCUT2D eigenvalue weighted by Crippen LogP contribution is -2.32. The van der Waals surface area contributed by atoms with Gasteiger partial charge in [0.05, 0.1) is 15.8 Å². The summed E-state index contributed by atoms with van der Waals surface area (Å²) >= 11 is 13.4. The Kier molecular flexibility index (Phi) is 7.82. The van der Waals surface area contributed by atoms with Crippen LogP contribution in [0.4, 0.5) is 0 Å². The molecule has 0 unspecified atom stereocenters. The Morgan fingerprint density at radius 2 is 1.85 bits per heavy atom. The molecule has 2 nitrogen and oxygen atoms in total. The van der Waals surface area contributed by atoms with E-state index in [2.05, 4.69) is 13.2 Å². The average molecular weight is 330 g/mol. The molecule has 1 aromatic rings. The highest BCUT2D eigenvalue weighted by molar-refractivity contribution is 7.99. The molecule has 0 spiro atoms. The van der Waals surface area contributed by atoms with Crippen LogP contribution < -0.4 is 0 Å². The minimum Gasteiger partial charge on any atom is -0.335 e. The lowest BCUT2D eigenvalue weighted by molar-refractivity contribution is -0.127. The zero-order valence-electron chi connectivity index (χ0n) is 11.1. The summed E-state index contributed by atoms with van der Waals surface area (Å²) in [7, 11) is 0. The molecule has 0 saturated carbocycles. The first-order valence-electron chi connectivity index (χ1n) is 6.09. The molecule has 108 valence electrons. The Hall–Kier alpha value is -0.900. The van der Waals surface area contributed by atoms with Crippen LogP contribution in [0.3, 0.4) is 0 Å². The van der Waals surface area contributed by atoms with Crippen LogP contribution in [0.5, 0.6) is 0 Å². The number of thioether (sulfide) groups is 1. The van der Waals surface area contributed by atoms with Gasteiger partial charge in [-0.2, -0.15) is 0 Å². The highest BCUT2D eigenvalue weighted by Gasteiger charge is 2.10. The third kappa shape index (κ3) is 5.61. The van der Waals surface area contributed by atoms with Gasteiger partial charge in [-0.3, -0.25) is 4.79 Å². The second-order valence-electron chi connectivity index (χ2n) is 4.12. The van der Waals surface area contributed by atoms with Crippen molar-refractivity contribution < 1.29 is 4.79 Å². The van der Waals surface area contributed by atoms with Crippen molar-refractivity contribution in [3.63, 3.8) is 0 Å². The Morgan fingerprint density at radius 3 is 2.40 bits per heavy atom. The molecule has 1 rings (SSSR count). The number of benzene rings is 1. The van der Waals surface area contributed by atoms with Crippen LogP contribution in [0, 0.1) is 0 Å². The maximum Gasteiger partial charge on any atom is 0.233 e. The number of carbonyl (C=O) groups excluding carboxylic acids is 1. The Morgan fingerprint density at radius 1 is 1.20 bits per heavy atom. The van der Waals surface area contributed by atoms with Crippen LogP contribution in [0.2, 0.25) is 10.0 Å². The molecule has 0 saturated heterocycles. The number of nitrogens with zero attached hydrogens (tertiary/aromatic N) is 1. The minimum absolute atomic E-state index is 0.0786. The third-order valence-electron chi connectivity index (χ3n) is 2.53. The first-order valence-corrected chi connectivity index (χ1v) is 8.00. The summed E-state index contributed by atoms with van der Waals surface area (Å²) < 4.78 is 0. The fourth-order valence-corrected chi connectivity index (χ4v) is 2.76. The average Bonchev–Trinajstić information content (AvgIpc) is 2.42. The summed E-state index contributed by atoms with van der Waals surface area (Å²) in [6.07, 6.45) is 3.43. The number of hydrogen-bond donors (Lipinski definition) is 0. The second-order valence-corrected chi connectivity index (χ2v) is 5.92. The molecule has 20 heavy (non-hydrogen) atoms. The Bertz CT molecular complexity index is 481. The van der Waals surface area contributed by atoms with Gasteiger partial charge in [0.1, 0.15) is 0 Å². The smallest absolute Gasteiger partial charge is 0.233 e. The summed E-state index contributed by atoms with van der Waals surface area (Å²) in [5, 5.41) is 1.08. The van der Waals surface area contributed by atoms with E-state index in [4.69, 9.17) is 23.2 Å². The van der Waals surface area contributed by atoms with Gasteiger partial charge < -0.3 is 4.90 Å². The summed E-state index contributed by atoms with van der Waals surface area (Å²) in [6, 6.07) is 5.51. The van der Waals surface area contributed by atoms with Gasteiger partial charge in [-0.25, -0.2) is 0 Å². The topological polar surface area (TPSA) is 20.3 Å². The van der Waals surface area contributed by atoms with E-state index in [1.165, 1.54) is 0 Å². The van der Waals surface area contributed by atoms with Crippen molar-refractivity contribution in [1.82, 2.24) is 4.90 Å². The van der Waals surface area contributed by atoms with E-state index in [0.717, 1.165) is 11.3 Å². The molecular formula is C15H17Cl2NOS. The van der Waals surface area contributed by atoms with E-state index in [1.54, 1.807) is 34.9 Å².